The Morgan fingerprint density at radius 2 is 1.81 bits per heavy atom. The summed E-state index contributed by atoms with van der Waals surface area (Å²) < 4.78 is 2.10. The molecule has 3 nitrogen and oxygen atoms in total. The van der Waals surface area contributed by atoms with E-state index in [9.17, 15) is 0 Å². The summed E-state index contributed by atoms with van der Waals surface area (Å²) in [7, 11) is 0. The maximum absolute atomic E-state index is 5.94. The number of aryl methyl sites for hydroxylation is 2. The predicted octanol–water partition coefficient (Wildman–Crippen LogP) is 3.25. The quantitative estimate of drug-likeness (QED) is 0.796. The molecule has 3 rings (SSSR count). The Kier molecular flexibility index (Phi) is 3.76. The number of hydrogen-bond donors (Lipinski definition) is 1. The summed E-state index contributed by atoms with van der Waals surface area (Å²) in [5, 5.41) is 0. The highest BCUT2D eigenvalue weighted by Crippen LogP contribution is 2.18. The normalized spacial score (nSPS) is 11.2. The number of benzene rings is 1. The smallest absolute Gasteiger partial charge is 0.137 e. The van der Waals surface area contributed by atoms with E-state index in [2.05, 4.69) is 60.8 Å². The van der Waals surface area contributed by atoms with Crippen LogP contribution in [0, 0.1) is 6.92 Å². The van der Waals surface area contributed by atoms with E-state index in [4.69, 9.17) is 10.7 Å². The number of nitrogens with zero attached hydrogens (tertiary/aromatic N) is 2. The molecule has 0 saturated carbocycles. The lowest BCUT2D eigenvalue weighted by atomic mass is 10.1. The average molecular weight is 279 g/mol. The van der Waals surface area contributed by atoms with E-state index in [1.807, 2.05) is 0 Å². The van der Waals surface area contributed by atoms with Gasteiger partial charge in [0, 0.05) is 19.2 Å². The summed E-state index contributed by atoms with van der Waals surface area (Å²) in [6.07, 6.45) is 3.96. The van der Waals surface area contributed by atoms with Gasteiger partial charge in [0.1, 0.15) is 5.65 Å². The molecule has 3 aromatic rings. The fraction of sp³-hybridized carbons (Fsp3) is 0.278. The first-order valence-electron chi connectivity index (χ1n) is 7.45. The Morgan fingerprint density at radius 3 is 2.48 bits per heavy atom. The van der Waals surface area contributed by atoms with Crippen molar-refractivity contribution in [2.24, 2.45) is 5.73 Å². The van der Waals surface area contributed by atoms with Crippen molar-refractivity contribution in [3.63, 3.8) is 0 Å². The first-order chi connectivity index (χ1) is 10.2. The van der Waals surface area contributed by atoms with Crippen LogP contribution in [0.4, 0.5) is 0 Å². The third-order valence-corrected chi connectivity index (χ3v) is 3.96. The van der Waals surface area contributed by atoms with Crippen molar-refractivity contribution in [1.82, 2.24) is 9.38 Å². The molecule has 0 aliphatic heterocycles. The maximum atomic E-state index is 5.94. The van der Waals surface area contributed by atoms with Crippen molar-refractivity contribution < 1.29 is 0 Å². The molecule has 0 fully saturated rings. The third-order valence-electron chi connectivity index (χ3n) is 3.96. The van der Waals surface area contributed by atoms with Gasteiger partial charge in [0.25, 0.3) is 0 Å². The number of fused-ring (bicyclic) bond motifs is 1. The Morgan fingerprint density at radius 1 is 1.10 bits per heavy atom. The molecular weight excluding hydrogens is 258 g/mol. The predicted molar refractivity (Wildman–Crippen MR) is 86.4 cm³/mol. The second-order valence-corrected chi connectivity index (χ2v) is 5.49. The summed E-state index contributed by atoms with van der Waals surface area (Å²) >= 11 is 0. The van der Waals surface area contributed by atoms with Crippen LogP contribution in [-0.2, 0) is 19.4 Å². The topological polar surface area (TPSA) is 43.3 Å². The SMILES string of the molecule is CCc1ccc(Cc2nc3cc(C)ccn3c2CN)cc1. The van der Waals surface area contributed by atoms with Crippen LogP contribution in [0.2, 0.25) is 0 Å². The lowest BCUT2D eigenvalue weighted by Gasteiger charge is -2.04. The zero-order valence-corrected chi connectivity index (χ0v) is 12.6. The number of aromatic nitrogens is 2. The van der Waals surface area contributed by atoms with Crippen LogP contribution in [0.5, 0.6) is 0 Å². The minimum absolute atomic E-state index is 0.507. The first kappa shape index (κ1) is 13.8. The second-order valence-electron chi connectivity index (χ2n) is 5.49. The van der Waals surface area contributed by atoms with Crippen LogP contribution >= 0.6 is 0 Å². The van der Waals surface area contributed by atoms with Gasteiger partial charge in [0.05, 0.1) is 11.4 Å². The zero-order chi connectivity index (χ0) is 14.8. The number of pyridine rings is 1. The standard InChI is InChI=1S/C18H21N3/c1-3-14-4-6-15(7-5-14)11-16-17(12-19)21-9-8-13(2)10-18(21)20-16/h4-10H,3,11-12,19H2,1-2H3. The highest BCUT2D eigenvalue weighted by Gasteiger charge is 2.11. The van der Waals surface area contributed by atoms with Crippen molar-refractivity contribution in [2.45, 2.75) is 33.2 Å². The lowest BCUT2D eigenvalue weighted by molar-refractivity contribution is 0.924. The second kappa shape index (κ2) is 5.70. The van der Waals surface area contributed by atoms with Crippen LogP contribution in [0.1, 0.15) is 35.0 Å². The van der Waals surface area contributed by atoms with Crippen LogP contribution in [0.3, 0.4) is 0 Å². The molecular formula is C18H21N3. The van der Waals surface area contributed by atoms with Crippen LogP contribution in [0.25, 0.3) is 5.65 Å². The summed E-state index contributed by atoms with van der Waals surface area (Å²) in [5.41, 5.74) is 13.0. The Balaban J connectivity index is 1.98. The molecule has 0 bridgehead atoms. The molecule has 1 aromatic carbocycles. The van der Waals surface area contributed by atoms with Gasteiger partial charge in [-0.2, -0.15) is 0 Å². The summed E-state index contributed by atoms with van der Waals surface area (Å²) in [5.74, 6) is 0. The van der Waals surface area contributed by atoms with E-state index in [1.54, 1.807) is 0 Å². The number of hydrogen-bond acceptors (Lipinski definition) is 2. The summed E-state index contributed by atoms with van der Waals surface area (Å²) in [6, 6.07) is 13.0. The summed E-state index contributed by atoms with van der Waals surface area (Å²) in [4.78, 5) is 4.77. The molecule has 0 amide bonds. The minimum Gasteiger partial charge on any atom is -0.325 e. The molecule has 0 aliphatic rings. The van der Waals surface area contributed by atoms with E-state index in [-0.39, 0.29) is 0 Å². The maximum Gasteiger partial charge on any atom is 0.137 e. The fourth-order valence-corrected chi connectivity index (χ4v) is 2.69. The van der Waals surface area contributed by atoms with Gasteiger partial charge in [0.2, 0.25) is 0 Å². The van der Waals surface area contributed by atoms with Crippen LogP contribution in [0.15, 0.2) is 42.6 Å². The zero-order valence-electron chi connectivity index (χ0n) is 12.6. The monoisotopic (exact) mass is 279 g/mol. The van der Waals surface area contributed by atoms with E-state index in [0.717, 1.165) is 29.9 Å². The molecule has 108 valence electrons. The van der Waals surface area contributed by atoms with Crippen LogP contribution < -0.4 is 5.73 Å². The van der Waals surface area contributed by atoms with Crippen molar-refractivity contribution in [3.05, 3.63) is 70.7 Å². The third kappa shape index (κ3) is 2.69. The van der Waals surface area contributed by atoms with E-state index in [0.29, 0.717) is 6.54 Å². The molecule has 0 atom stereocenters. The number of rotatable bonds is 4. The molecule has 0 saturated heterocycles. The molecule has 0 unspecified atom stereocenters. The van der Waals surface area contributed by atoms with Crippen LogP contribution in [-0.4, -0.2) is 9.38 Å². The average Bonchev–Trinajstić information content (AvgIpc) is 2.84. The molecule has 0 spiro atoms. The molecule has 0 radical (unpaired) electrons. The highest BCUT2D eigenvalue weighted by atomic mass is 15.0. The van der Waals surface area contributed by atoms with Gasteiger partial charge in [-0.1, -0.05) is 31.2 Å². The van der Waals surface area contributed by atoms with Gasteiger partial charge in [-0.25, -0.2) is 4.98 Å². The van der Waals surface area contributed by atoms with Crippen molar-refractivity contribution in [3.8, 4) is 0 Å². The largest absolute Gasteiger partial charge is 0.325 e. The lowest BCUT2D eigenvalue weighted by Crippen LogP contribution is -2.04. The molecule has 3 heteroatoms. The molecule has 2 N–H and O–H groups in total. The molecule has 2 aromatic heterocycles. The Bertz CT molecular complexity index is 754. The van der Waals surface area contributed by atoms with E-state index < -0.39 is 0 Å². The molecule has 0 aliphatic carbocycles. The number of imidazole rings is 1. The van der Waals surface area contributed by atoms with E-state index >= 15 is 0 Å². The van der Waals surface area contributed by atoms with Crippen molar-refractivity contribution in [1.29, 1.82) is 0 Å². The highest BCUT2D eigenvalue weighted by molar-refractivity contribution is 5.46. The molecule has 2 heterocycles. The first-order valence-corrected chi connectivity index (χ1v) is 7.45. The van der Waals surface area contributed by atoms with Crippen molar-refractivity contribution in [2.75, 3.05) is 0 Å². The van der Waals surface area contributed by atoms with Gasteiger partial charge in [-0.05, 0) is 42.2 Å². The van der Waals surface area contributed by atoms with Crippen molar-refractivity contribution >= 4 is 5.65 Å². The van der Waals surface area contributed by atoms with Gasteiger partial charge < -0.3 is 10.1 Å². The Labute approximate surface area is 125 Å². The Hall–Kier alpha value is -2.13. The fourth-order valence-electron chi connectivity index (χ4n) is 2.69. The minimum atomic E-state index is 0.507. The van der Waals surface area contributed by atoms with Gasteiger partial charge in [-0.15, -0.1) is 0 Å². The van der Waals surface area contributed by atoms with Gasteiger partial charge in [0.15, 0.2) is 0 Å². The van der Waals surface area contributed by atoms with Gasteiger partial charge >= 0.3 is 0 Å². The molecule has 21 heavy (non-hydrogen) atoms. The van der Waals surface area contributed by atoms with Gasteiger partial charge in [-0.3, -0.25) is 0 Å². The summed E-state index contributed by atoms with van der Waals surface area (Å²) in [6.45, 7) is 4.76. The number of nitrogens with two attached hydrogens (primary N) is 1. The van der Waals surface area contributed by atoms with E-state index in [1.165, 1.54) is 16.7 Å².